The van der Waals surface area contributed by atoms with E-state index in [4.69, 9.17) is 16.7 Å². The second-order valence-electron chi connectivity index (χ2n) is 5.01. The first-order chi connectivity index (χ1) is 9.97. The Morgan fingerprint density at radius 2 is 2.05 bits per heavy atom. The van der Waals surface area contributed by atoms with E-state index in [-0.39, 0.29) is 16.8 Å². The third-order valence-corrected chi connectivity index (χ3v) is 3.74. The highest BCUT2D eigenvalue weighted by molar-refractivity contribution is 6.30. The van der Waals surface area contributed by atoms with Crippen molar-refractivity contribution in [1.29, 1.82) is 0 Å². The molecule has 2 N–H and O–H groups in total. The Morgan fingerprint density at radius 1 is 1.38 bits per heavy atom. The highest BCUT2D eigenvalue weighted by Gasteiger charge is 2.28. The quantitative estimate of drug-likeness (QED) is 0.895. The smallest absolute Gasteiger partial charge is 0.323 e. The normalized spacial score (nSPS) is 15.0. The van der Waals surface area contributed by atoms with Crippen molar-refractivity contribution < 1.29 is 19.1 Å². The Balaban J connectivity index is 2.11. The van der Waals surface area contributed by atoms with Gasteiger partial charge >= 0.3 is 12.0 Å². The van der Waals surface area contributed by atoms with E-state index in [9.17, 15) is 14.0 Å². The number of carboxylic acid groups (broad SMARTS) is 1. The van der Waals surface area contributed by atoms with E-state index in [1.54, 1.807) is 0 Å². The molecule has 0 atom stereocenters. The molecule has 0 unspecified atom stereocenters. The second-order valence-corrected chi connectivity index (χ2v) is 5.45. The zero-order valence-corrected chi connectivity index (χ0v) is 12.1. The maximum atomic E-state index is 13.7. The van der Waals surface area contributed by atoms with Gasteiger partial charge in [0.25, 0.3) is 0 Å². The van der Waals surface area contributed by atoms with E-state index in [1.807, 2.05) is 0 Å². The summed E-state index contributed by atoms with van der Waals surface area (Å²) < 4.78 is 13.7. The van der Waals surface area contributed by atoms with Gasteiger partial charge in [-0.3, -0.25) is 4.79 Å². The molecule has 21 heavy (non-hydrogen) atoms. The maximum Gasteiger partial charge on any atom is 0.323 e. The van der Waals surface area contributed by atoms with Crippen LogP contribution in [-0.4, -0.2) is 34.6 Å². The lowest BCUT2D eigenvalue weighted by atomic mass is 10.2. The summed E-state index contributed by atoms with van der Waals surface area (Å²) in [5.74, 6) is -1.74. The summed E-state index contributed by atoms with van der Waals surface area (Å²) >= 11 is 5.65. The average molecular weight is 315 g/mol. The average Bonchev–Trinajstić information content (AvgIpc) is 2.92. The van der Waals surface area contributed by atoms with Crippen LogP contribution in [0.1, 0.15) is 25.7 Å². The predicted molar refractivity (Wildman–Crippen MR) is 77.0 cm³/mol. The molecular weight excluding hydrogens is 299 g/mol. The molecule has 0 aromatic heterocycles. The van der Waals surface area contributed by atoms with Gasteiger partial charge in [0.2, 0.25) is 0 Å². The molecule has 1 aliphatic rings. The van der Waals surface area contributed by atoms with Gasteiger partial charge in [0.15, 0.2) is 0 Å². The van der Waals surface area contributed by atoms with Gasteiger partial charge in [-0.1, -0.05) is 24.4 Å². The van der Waals surface area contributed by atoms with Crippen LogP contribution in [0.4, 0.5) is 14.9 Å². The topological polar surface area (TPSA) is 69.6 Å². The minimum atomic E-state index is -1.09. The highest BCUT2D eigenvalue weighted by atomic mass is 35.5. The van der Waals surface area contributed by atoms with Crippen molar-refractivity contribution in [1.82, 2.24) is 4.90 Å². The molecule has 0 bridgehead atoms. The molecule has 1 saturated carbocycles. The number of hydrogen-bond acceptors (Lipinski definition) is 2. The number of carboxylic acids is 1. The van der Waals surface area contributed by atoms with Gasteiger partial charge in [0.1, 0.15) is 12.4 Å². The van der Waals surface area contributed by atoms with Gasteiger partial charge in [0.05, 0.1) is 5.69 Å². The van der Waals surface area contributed by atoms with Crippen LogP contribution in [-0.2, 0) is 4.79 Å². The van der Waals surface area contributed by atoms with Crippen LogP contribution in [0.2, 0.25) is 5.02 Å². The Labute approximate surface area is 126 Å². The van der Waals surface area contributed by atoms with E-state index in [2.05, 4.69) is 5.32 Å². The maximum absolute atomic E-state index is 13.7. The molecule has 0 heterocycles. The monoisotopic (exact) mass is 314 g/mol. The highest BCUT2D eigenvalue weighted by Crippen LogP contribution is 2.25. The fraction of sp³-hybridized carbons (Fsp3) is 0.429. The third-order valence-electron chi connectivity index (χ3n) is 3.50. The number of nitrogens with zero attached hydrogens (tertiary/aromatic N) is 1. The summed E-state index contributed by atoms with van der Waals surface area (Å²) in [4.78, 5) is 24.4. The van der Waals surface area contributed by atoms with E-state index in [1.165, 1.54) is 17.0 Å². The van der Waals surface area contributed by atoms with Crippen LogP contribution < -0.4 is 5.32 Å². The number of anilines is 1. The first kappa shape index (κ1) is 15.6. The molecule has 0 spiro atoms. The summed E-state index contributed by atoms with van der Waals surface area (Å²) in [6.45, 7) is -0.397. The van der Waals surface area contributed by atoms with Crippen molar-refractivity contribution in [2.75, 3.05) is 11.9 Å². The van der Waals surface area contributed by atoms with Gasteiger partial charge in [-0.25, -0.2) is 9.18 Å². The predicted octanol–water partition coefficient (Wildman–Crippen LogP) is 3.34. The van der Waals surface area contributed by atoms with Gasteiger partial charge in [-0.2, -0.15) is 0 Å². The number of carbonyl (C=O) groups excluding carboxylic acids is 1. The number of amides is 2. The number of carbonyl (C=O) groups is 2. The third kappa shape index (κ3) is 4.07. The van der Waals surface area contributed by atoms with Crippen LogP contribution in [0.15, 0.2) is 18.2 Å². The number of benzene rings is 1. The van der Waals surface area contributed by atoms with Crippen molar-refractivity contribution in [2.45, 2.75) is 31.7 Å². The second kappa shape index (κ2) is 6.76. The molecule has 7 heteroatoms. The zero-order valence-electron chi connectivity index (χ0n) is 11.3. The van der Waals surface area contributed by atoms with Gasteiger partial charge < -0.3 is 15.3 Å². The van der Waals surface area contributed by atoms with Crippen molar-refractivity contribution in [2.24, 2.45) is 0 Å². The van der Waals surface area contributed by atoms with Crippen LogP contribution in [0.5, 0.6) is 0 Å². The minimum Gasteiger partial charge on any atom is -0.480 e. The SMILES string of the molecule is O=C(O)CN(C(=O)Nc1ccc(Cl)cc1F)C1CCCC1. The van der Waals surface area contributed by atoms with Gasteiger partial charge in [-0.15, -0.1) is 0 Å². The molecule has 1 fully saturated rings. The number of rotatable bonds is 4. The Morgan fingerprint density at radius 3 is 2.62 bits per heavy atom. The van der Waals surface area contributed by atoms with Crippen LogP contribution in [0.25, 0.3) is 0 Å². The molecule has 1 aromatic rings. The molecule has 1 aliphatic carbocycles. The number of hydrogen-bond donors (Lipinski definition) is 2. The van der Waals surface area contributed by atoms with Crippen LogP contribution in [0, 0.1) is 5.82 Å². The molecule has 0 saturated heterocycles. The molecule has 2 amide bonds. The van der Waals surface area contributed by atoms with Crippen LogP contribution in [0.3, 0.4) is 0 Å². The summed E-state index contributed by atoms with van der Waals surface area (Å²) in [7, 11) is 0. The van der Waals surface area contributed by atoms with Crippen LogP contribution >= 0.6 is 11.6 Å². The Kier molecular flexibility index (Phi) is 5.01. The van der Waals surface area contributed by atoms with Crippen molar-refractivity contribution in [3.63, 3.8) is 0 Å². The van der Waals surface area contributed by atoms with Crippen molar-refractivity contribution in [3.8, 4) is 0 Å². The number of urea groups is 1. The molecular formula is C14H16ClFN2O3. The fourth-order valence-corrected chi connectivity index (χ4v) is 2.67. The van der Waals surface area contributed by atoms with E-state index in [0.717, 1.165) is 31.7 Å². The number of nitrogens with one attached hydrogen (secondary N) is 1. The summed E-state index contributed by atoms with van der Waals surface area (Å²) in [5, 5.41) is 11.6. The lowest BCUT2D eigenvalue weighted by Gasteiger charge is -2.27. The standard InChI is InChI=1S/C14H16ClFN2O3/c15-9-5-6-12(11(16)7-9)17-14(21)18(8-13(19)20)10-3-1-2-4-10/h5-7,10H,1-4,8H2,(H,17,21)(H,19,20). The largest absolute Gasteiger partial charge is 0.480 e. The summed E-state index contributed by atoms with van der Waals surface area (Å²) in [6, 6.07) is 3.18. The van der Waals surface area contributed by atoms with E-state index >= 15 is 0 Å². The molecule has 114 valence electrons. The lowest BCUT2D eigenvalue weighted by Crippen LogP contribution is -2.44. The first-order valence-electron chi connectivity index (χ1n) is 6.72. The fourth-order valence-electron chi connectivity index (χ4n) is 2.51. The van der Waals surface area contributed by atoms with Gasteiger partial charge in [0, 0.05) is 11.1 Å². The molecule has 0 aliphatic heterocycles. The molecule has 5 nitrogen and oxygen atoms in total. The lowest BCUT2D eigenvalue weighted by molar-refractivity contribution is -0.138. The Bertz CT molecular complexity index is 547. The summed E-state index contributed by atoms with van der Waals surface area (Å²) in [5.41, 5.74) is -0.0159. The van der Waals surface area contributed by atoms with E-state index < -0.39 is 24.4 Å². The minimum absolute atomic E-state index is 0.0159. The molecule has 2 rings (SSSR count). The van der Waals surface area contributed by atoms with Crippen molar-refractivity contribution in [3.05, 3.63) is 29.0 Å². The molecule has 0 radical (unpaired) electrons. The Hall–Kier alpha value is -1.82. The van der Waals surface area contributed by atoms with Gasteiger partial charge in [-0.05, 0) is 31.0 Å². The number of halogens is 2. The van der Waals surface area contributed by atoms with Crippen molar-refractivity contribution >= 4 is 29.3 Å². The first-order valence-corrected chi connectivity index (χ1v) is 7.09. The zero-order chi connectivity index (χ0) is 15.4. The van der Waals surface area contributed by atoms with E-state index in [0.29, 0.717) is 0 Å². The number of aliphatic carboxylic acids is 1. The molecule has 1 aromatic carbocycles. The summed E-state index contributed by atoms with van der Waals surface area (Å²) in [6.07, 6.45) is 3.46.